The molecule has 0 saturated heterocycles. The smallest absolute Gasteiger partial charge is 0.337 e. The second-order valence-corrected chi connectivity index (χ2v) is 7.11. The SMILES string of the molecule is COC(=O)c1ccc(NC(=O)CCCc2nc3ccccc3s2)c(C)c1. The number of nitrogens with zero attached hydrogens (tertiary/aromatic N) is 1. The Morgan fingerprint density at radius 3 is 2.73 bits per heavy atom. The van der Waals surface area contributed by atoms with Gasteiger partial charge in [0.25, 0.3) is 0 Å². The van der Waals surface area contributed by atoms with Crippen molar-refractivity contribution in [1.29, 1.82) is 0 Å². The van der Waals surface area contributed by atoms with Gasteiger partial charge in [0, 0.05) is 12.1 Å². The van der Waals surface area contributed by atoms with E-state index >= 15 is 0 Å². The summed E-state index contributed by atoms with van der Waals surface area (Å²) in [6, 6.07) is 13.1. The summed E-state index contributed by atoms with van der Waals surface area (Å²) in [7, 11) is 1.35. The number of aromatic nitrogens is 1. The Morgan fingerprint density at radius 2 is 2.00 bits per heavy atom. The number of ether oxygens (including phenoxy) is 1. The number of thiazole rings is 1. The molecule has 0 aliphatic carbocycles. The number of methoxy groups -OCH3 is 1. The van der Waals surface area contributed by atoms with E-state index in [1.54, 1.807) is 29.5 Å². The molecule has 0 saturated carbocycles. The molecule has 0 bridgehead atoms. The second-order valence-electron chi connectivity index (χ2n) is 6.00. The number of carbonyl (C=O) groups is 2. The van der Waals surface area contributed by atoms with Crippen molar-refractivity contribution >= 4 is 39.1 Å². The third-order valence-corrected chi connectivity index (χ3v) is 5.15. The van der Waals surface area contributed by atoms with E-state index in [-0.39, 0.29) is 11.9 Å². The van der Waals surface area contributed by atoms with Crippen LogP contribution in [-0.4, -0.2) is 24.0 Å². The van der Waals surface area contributed by atoms with E-state index in [2.05, 4.69) is 16.4 Å². The van der Waals surface area contributed by atoms with E-state index in [0.29, 0.717) is 17.7 Å². The maximum Gasteiger partial charge on any atom is 0.337 e. The molecule has 0 unspecified atom stereocenters. The number of carbonyl (C=O) groups excluding carboxylic acids is 2. The number of fused-ring (bicyclic) bond motifs is 1. The van der Waals surface area contributed by atoms with Crippen molar-refractivity contribution in [2.24, 2.45) is 0 Å². The van der Waals surface area contributed by atoms with Crippen LogP contribution in [0.25, 0.3) is 10.2 Å². The van der Waals surface area contributed by atoms with Crippen molar-refractivity contribution in [2.45, 2.75) is 26.2 Å². The van der Waals surface area contributed by atoms with Gasteiger partial charge in [0.1, 0.15) is 0 Å². The molecule has 134 valence electrons. The van der Waals surface area contributed by atoms with E-state index in [4.69, 9.17) is 4.74 Å². The zero-order valence-corrected chi connectivity index (χ0v) is 15.6. The molecule has 1 heterocycles. The minimum atomic E-state index is -0.387. The molecule has 0 spiro atoms. The first kappa shape index (κ1) is 18.1. The summed E-state index contributed by atoms with van der Waals surface area (Å²) in [5.74, 6) is -0.429. The van der Waals surface area contributed by atoms with Crippen molar-refractivity contribution in [1.82, 2.24) is 4.98 Å². The number of hydrogen-bond donors (Lipinski definition) is 1. The van der Waals surface area contributed by atoms with Gasteiger partial charge in [-0.25, -0.2) is 9.78 Å². The first-order valence-electron chi connectivity index (χ1n) is 8.40. The quantitative estimate of drug-likeness (QED) is 0.657. The number of aryl methyl sites for hydroxylation is 2. The Labute approximate surface area is 156 Å². The van der Waals surface area contributed by atoms with Gasteiger partial charge in [-0.3, -0.25) is 4.79 Å². The van der Waals surface area contributed by atoms with Crippen LogP contribution in [0, 0.1) is 6.92 Å². The van der Waals surface area contributed by atoms with E-state index in [0.717, 1.165) is 28.9 Å². The predicted octanol–water partition coefficient (Wildman–Crippen LogP) is 4.35. The monoisotopic (exact) mass is 368 g/mol. The Bertz CT molecular complexity index is 916. The van der Waals surface area contributed by atoms with Crippen LogP contribution in [0.1, 0.15) is 33.8 Å². The fraction of sp³-hybridized carbons (Fsp3) is 0.250. The summed E-state index contributed by atoms with van der Waals surface area (Å²) in [5.41, 5.74) is 3.02. The van der Waals surface area contributed by atoms with Crippen LogP contribution in [-0.2, 0) is 16.0 Å². The maximum atomic E-state index is 12.2. The van der Waals surface area contributed by atoms with Crippen LogP contribution in [0.3, 0.4) is 0 Å². The second kappa shape index (κ2) is 8.10. The number of benzene rings is 2. The third kappa shape index (κ3) is 4.26. The molecule has 3 aromatic rings. The first-order valence-corrected chi connectivity index (χ1v) is 9.22. The summed E-state index contributed by atoms with van der Waals surface area (Å²) >= 11 is 1.68. The maximum absolute atomic E-state index is 12.2. The Morgan fingerprint density at radius 1 is 1.19 bits per heavy atom. The molecule has 26 heavy (non-hydrogen) atoms. The van der Waals surface area contributed by atoms with Crippen LogP contribution in [0.15, 0.2) is 42.5 Å². The van der Waals surface area contributed by atoms with Crippen molar-refractivity contribution in [3.8, 4) is 0 Å². The molecule has 3 rings (SSSR count). The standard InChI is InChI=1S/C20H20N2O3S/c1-13-12-14(20(24)25-2)10-11-15(13)21-18(23)8-5-9-19-22-16-6-3-4-7-17(16)26-19/h3-4,6-7,10-12H,5,8-9H2,1-2H3,(H,21,23). The molecule has 6 heteroatoms. The van der Waals surface area contributed by atoms with Crippen LogP contribution in [0.2, 0.25) is 0 Å². The highest BCUT2D eigenvalue weighted by atomic mass is 32.1. The van der Waals surface area contributed by atoms with Gasteiger partial charge in [0.15, 0.2) is 0 Å². The zero-order chi connectivity index (χ0) is 18.5. The van der Waals surface area contributed by atoms with Crippen LogP contribution < -0.4 is 5.32 Å². The average molecular weight is 368 g/mol. The lowest BCUT2D eigenvalue weighted by molar-refractivity contribution is -0.116. The lowest BCUT2D eigenvalue weighted by Crippen LogP contribution is -2.13. The molecule has 2 aromatic carbocycles. The molecule has 0 fully saturated rings. The molecule has 1 amide bonds. The third-order valence-electron chi connectivity index (χ3n) is 4.05. The van der Waals surface area contributed by atoms with Crippen LogP contribution in [0.4, 0.5) is 5.69 Å². The number of hydrogen-bond acceptors (Lipinski definition) is 5. The van der Waals surface area contributed by atoms with Crippen LogP contribution >= 0.6 is 11.3 Å². The van der Waals surface area contributed by atoms with Crippen molar-refractivity contribution in [3.63, 3.8) is 0 Å². The van der Waals surface area contributed by atoms with Crippen LogP contribution in [0.5, 0.6) is 0 Å². The number of para-hydroxylation sites is 1. The summed E-state index contributed by atoms with van der Waals surface area (Å²) in [4.78, 5) is 28.3. The van der Waals surface area contributed by atoms with E-state index < -0.39 is 0 Å². The average Bonchev–Trinajstić information content (AvgIpc) is 3.05. The summed E-state index contributed by atoms with van der Waals surface area (Å²) < 4.78 is 5.87. The molecule has 1 N–H and O–H groups in total. The summed E-state index contributed by atoms with van der Waals surface area (Å²) in [6.07, 6.45) is 1.95. The van der Waals surface area contributed by atoms with Gasteiger partial charge < -0.3 is 10.1 Å². The minimum Gasteiger partial charge on any atom is -0.465 e. The lowest BCUT2D eigenvalue weighted by atomic mass is 10.1. The van der Waals surface area contributed by atoms with Gasteiger partial charge in [-0.15, -0.1) is 11.3 Å². The molecule has 0 radical (unpaired) electrons. The first-order chi connectivity index (χ1) is 12.6. The van der Waals surface area contributed by atoms with Gasteiger partial charge in [-0.05, 0) is 55.7 Å². The highest BCUT2D eigenvalue weighted by Gasteiger charge is 2.10. The Balaban J connectivity index is 1.53. The van der Waals surface area contributed by atoms with Crippen molar-refractivity contribution in [2.75, 3.05) is 12.4 Å². The summed E-state index contributed by atoms with van der Waals surface area (Å²) in [6.45, 7) is 1.85. The number of nitrogens with one attached hydrogen (secondary N) is 1. The zero-order valence-electron chi connectivity index (χ0n) is 14.7. The number of esters is 1. The molecular formula is C20H20N2O3S. The van der Waals surface area contributed by atoms with E-state index in [9.17, 15) is 9.59 Å². The normalized spacial score (nSPS) is 10.7. The largest absolute Gasteiger partial charge is 0.465 e. The predicted molar refractivity (Wildman–Crippen MR) is 104 cm³/mol. The van der Waals surface area contributed by atoms with Gasteiger partial charge >= 0.3 is 5.97 Å². The van der Waals surface area contributed by atoms with E-state index in [1.807, 2.05) is 25.1 Å². The van der Waals surface area contributed by atoms with Crippen molar-refractivity contribution in [3.05, 3.63) is 58.6 Å². The fourth-order valence-corrected chi connectivity index (χ4v) is 3.70. The molecule has 0 aliphatic heterocycles. The number of amides is 1. The van der Waals surface area contributed by atoms with E-state index in [1.165, 1.54) is 11.8 Å². The van der Waals surface area contributed by atoms with Gasteiger partial charge in [0.2, 0.25) is 5.91 Å². The van der Waals surface area contributed by atoms with Gasteiger partial charge in [-0.2, -0.15) is 0 Å². The lowest BCUT2D eigenvalue weighted by Gasteiger charge is -2.09. The fourth-order valence-electron chi connectivity index (χ4n) is 2.69. The topological polar surface area (TPSA) is 68.3 Å². The van der Waals surface area contributed by atoms with Crippen molar-refractivity contribution < 1.29 is 14.3 Å². The molecule has 0 atom stereocenters. The Hall–Kier alpha value is -2.73. The Kier molecular flexibility index (Phi) is 5.63. The van der Waals surface area contributed by atoms with Gasteiger partial charge in [-0.1, -0.05) is 12.1 Å². The summed E-state index contributed by atoms with van der Waals surface area (Å²) in [5, 5.41) is 3.95. The molecular weight excluding hydrogens is 348 g/mol. The number of rotatable bonds is 6. The van der Waals surface area contributed by atoms with Gasteiger partial charge in [0.05, 0.1) is 27.9 Å². The molecule has 5 nitrogen and oxygen atoms in total. The molecule has 1 aromatic heterocycles. The highest BCUT2D eigenvalue weighted by molar-refractivity contribution is 7.18. The molecule has 0 aliphatic rings. The highest BCUT2D eigenvalue weighted by Crippen LogP contribution is 2.23. The number of anilines is 1. The minimum absolute atomic E-state index is 0.0416.